The van der Waals surface area contributed by atoms with Crippen LogP contribution in [-0.4, -0.2) is 12.5 Å². The Morgan fingerprint density at radius 1 is 1.14 bits per heavy atom. The Bertz CT molecular complexity index is 1020. The largest absolute Gasteiger partial charge is 0.489 e. The van der Waals surface area contributed by atoms with Crippen LogP contribution in [0.25, 0.3) is 0 Å². The van der Waals surface area contributed by atoms with E-state index in [1.807, 2.05) is 18.4 Å². The minimum absolute atomic E-state index is 0.0859. The van der Waals surface area contributed by atoms with Gasteiger partial charge in [0.05, 0.1) is 10.6 Å². The average molecular weight is 438 g/mol. The molecule has 0 saturated heterocycles. The number of rotatable bonds is 7. The molecular weight excluding hydrogens is 420 g/mol. The van der Waals surface area contributed by atoms with Gasteiger partial charge in [-0.1, -0.05) is 17.7 Å². The summed E-state index contributed by atoms with van der Waals surface area (Å²) in [5.74, 6) is 0.214. The average Bonchev–Trinajstić information content (AvgIpc) is 3.12. The molecule has 152 valence electrons. The first-order chi connectivity index (χ1) is 13.8. The van der Waals surface area contributed by atoms with Gasteiger partial charge in [-0.25, -0.2) is 0 Å². The van der Waals surface area contributed by atoms with Gasteiger partial charge >= 0.3 is 6.61 Å². The molecule has 1 N–H and O–H groups in total. The molecule has 1 heterocycles. The Hall–Kier alpha value is -2.64. The van der Waals surface area contributed by atoms with Gasteiger partial charge in [-0.15, -0.1) is 11.3 Å². The zero-order valence-electron chi connectivity index (χ0n) is 15.7. The third kappa shape index (κ3) is 5.68. The van der Waals surface area contributed by atoms with Crippen molar-refractivity contribution in [2.45, 2.75) is 27.1 Å². The lowest BCUT2D eigenvalue weighted by Crippen LogP contribution is -2.13. The summed E-state index contributed by atoms with van der Waals surface area (Å²) in [6.07, 6.45) is 0. The van der Waals surface area contributed by atoms with Gasteiger partial charge in [-0.05, 0) is 66.8 Å². The fraction of sp³-hybridized carbons (Fsp3) is 0.190. The van der Waals surface area contributed by atoms with Crippen LogP contribution in [0.1, 0.15) is 26.4 Å². The fourth-order valence-corrected chi connectivity index (χ4v) is 3.65. The summed E-state index contributed by atoms with van der Waals surface area (Å²) >= 11 is 7.18. The first-order valence-corrected chi connectivity index (χ1v) is 9.91. The van der Waals surface area contributed by atoms with Gasteiger partial charge < -0.3 is 14.8 Å². The molecule has 0 fully saturated rings. The molecule has 0 radical (unpaired) electrons. The van der Waals surface area contributed by atoms with Gasteiger partial charge in [-0.2, -0.15) is 8.78 Å². The maximum atomic E-state index is 12.6. The Morgan fingerprint density at radius 2 is 1.90 bits per heavy atom. The lowest BCUT2D eigenvalue weighted by atomic mass is 10.2. The number of amides is 1. The van der Waals surface area contributed by atoms with E-state index in [1.165, 1.54) is 17.4 Å². The summed E-state index contributed by atoms with van der Waals surface area (Å²) in [4.78, 5) is 13.0. The monoisotopic (exact) mass is 437 g/mol. The van der Waals surface area contributed by atoms with Crippen LogP contribution in [0.2, 0.25) is 5.02 Å². The molecule has 0 bridgehead atoms. The Kier molecular flexibility index (Phi) is 6.71. The van der Waals surface area contributed by atoms with E-state index in [-0.39, 0.29) is 18.0 Å². The molecule has 0 spiro atoms. The van der Waals surface area contributed by atoms with E-state index >= 15 is 0 Å². The molecule has 1 amide bonds. The molecule has 8 heteroatoms. The van der Waals surface area contributed by atoms with E-state index in [9.17, 15) is 13.6 Å². The highest BCUT2D eigenvalue weighted by Crippen LogP contribution is 2.29. The minimum Gasteiger partial charge on any atom is -0.489 e. The predicted molar refractivity (Wildman–Crippen MR) is 111 cm³/mol. The van der Waals surface area contributed by atoms with Crippen molar-refractivity contribution in [2.24, 2.45) is 0 Å². The molecule has 0 unspecified atom stereocenters. The second-order valence-corrected chi connectivity index (χ2v) is 7.70. The van der Waals surface area contributed by atoms with Crippen molar-refractivity contribution in [2.75, 3.05) is 5.32 Å². The molecule has 2 aromatic carbocycles. The number of benzene rings is 2. The van der Waals surface area contributed by atoms with Gasteiger partial charge in [0.1, 0.15) is 18.1 Å². The van der Waals surface area contributed by atoms with E-state index in [2.05, 4.69) is 10.1 Å². The summed E-state index contributed by atoms with van der Waals surface area (Å²) in [5.41, 5.74) is 2.73. The number of ether oxygens (including phenoxy) is 2. The zero-order chi connectivity index (χ0) is 21.0. The Balaban J connectivity index is 1.67. The lowest BCUT2D eigenvalue weighted by Gasteiger charge is -2.12. The number of hydrogen-bond donors (Lipinski definition) is 1. The smallest absolute Gasteiger partial charge is 0.387 e. The lowest BCUT2D eigenvalue weighted by molar-refractivity contribution is -0.0493. The summed E-state index contributed by atoms with van der Waals surface area (Å²) in [6.45, 7) is 1.00. The van der Waals surface area contributed by atoms with Gasteiger partial charge in [0.25, 0.3) is 5.91 Å². The van der Waals surface area contributed by atoms with Crippen LogP contribution in [0, 0.1) is 13.8 Å². The van der Waals surface area contributed by atoms with Crippen LogP contribution in [0.3, 0.4) is 0 Å². The van der Waals surface area contributed by atoms with Crippen molar-refractivity contribution < 1.29 is 23.0 Å². The minimum atomic E-state index is -2.98. The summed E-state index contributed by atoms with van der Waals surface area (Å²) in [6, 6.07) is 11.7. The molecule has 0 saturated carbocycles. The van der Waals surface area contributed by atoms with Crippen LogP contribution in [0.15, 0.2) is 47.8 Å². The second-order valence-electron chi connectivity index (χ2n) is 6.35. The van der Waals surface area contributed by atoms with Crippen molar-refractivity contribution in [3.63, 3.8) is 0 Å². The Morgan fingerprint density at radius 3 is 2.62 bits per heavy atom. The standard InChI is InChI=1S/C21H18ClF2NO3S/c1-12-3-5-18(28-21(23)24)16(7-12)25-20(26)19-9-14(11-29-19)10-27-17-6-4-15(22)8-13(17)2/h3-9,11,21H,10H2,1-2H3,(H,25,26). The highest BCUT2D eigenvalue weighted by atomic mass is 35.5. The van der Waals surface area contributed by atoms with E-state index in [1.54, 1.807) is 37.3 Å². The number of carbonyl (C=O) groups is 1. The highest BCUT2D eigenvalue weighted by molar-refractivity contribution is 7.12. The molecule has 3 aromatic rings. The number of aryl methyl sites for hydroxylation is 2. The van der Waals surface area contributed by atoms with Crippen molar-refractivity contribution >= 4 is 34.5 Å². The number of hydrogen-bond acceptors (Lipinski definition) is 4. The molecule has 0 aliphatic heterocycles. The number of anilines is 1. The van der Waals surface area contributed by atoms with Crippen molar-refractivity contribution in [3.8, 4) is 11.5 Å². The summed E-state index contributed by atoms with van der Waals surface area (Å²) in [7, 11) is 0. The zero-order valence-corrected chi connectivity index (χ0v) is 17.2. The number of nitrogens with one attached hydrogen (secondary N) is 1. The van der Waals surface area contributed by atoms with Crippen LogP contribution in [0.4, 0.5) is 14.5 Å². The maximum absolute atomic E-state index is 12.6. The first kappa shape index (κ1) is 21.1. The molecule has 29 heavy (non-hydrogen) atoms. The topological polar surface area (TPSA) is 47.6 Å². The molecule has 1 aromatic heterocycles. The number of carbonyl (C=O) groups excluding carboxylic acids is 1. The first-order valence-electron chi connectivity index (χ1n) is 8.65. The molecule has 4 nitrogen and oxygen atoms in total. The van der Waals surface area contributed by atoms with E-state index in [0.717, 1.165) is 16.7 Å². The number of alkyl halides is 2. The molecule has 0 aliphatic carbocycles. The van der Waals surface area contributed by atoms with Crippen LogP contribution in [-0.2, 0) is 6.61 Å². The van der Waals surface area contributed by atoms with Gasteiger partial charge in [0.2, 0.25) is 0 Å². The van der Waals surface area contributed by atoms with Crippen LogP contribution >= 0.6 is 22.9 Å². The van der Waals surface area contributed by atoms with E-state index in [4.69, 9.17) is 16.3 Å². The van der Waals surface area contributed by atoms with Gasteiger partial charge in [-0.3, -0.25) is 4.79 Å². The normalized spacial score (nSPS) is 10.8. The van der Waals surface area contributed by atoms with Crippen molar-refractivity contribution in [1.82, 2.24) is 0 Å². The fourth-order valence-electron chi connectivity index (χ4n) is 2.63. The van der Waals surface area contributed by atoms with Crippen LogP contribution < -0.4 is 14.8 Å². The number of thiophene rings is 1. The maximum Gasteiger partial charge on any atom is 0.387 e. The number of halogens is 3. The van der Waals surface area contributed by atoms with E-state index in [0.29, 0.717) is 15.6 Å². The molecule has 0 aliphatic rings. The van der Waals surface area contributed by atoms with E-state index < -0.39 is 12.5 Å². The molecular formula is C21H18ClF2NO3S. The Labute approximate surface area is 176 Å². The van der Waals surface area contributed by atoms with Gasteiger partial charge in [0, 0.05) is 10.6 Å². The SMILES string of the molecule is Cc1ccc(OC(F)F)c(NC(=O)c2cc(COc3ccc(Cl)cc3C)cs2)c1. The van der Waals surface area contributed by atoms with Crippen LogP contribution in [0.5, 0.6) is 11.5 Å². The quantitative estimate of drug-likeness (QED) is 0.462. The third-order valence-electron chi connectivity index (χ3n) is 4.01. The predicted octanol–water partition coefficient (Wildman–Crippen LogP) is 6.45. The van der Waals surface area contributed by atoms with Crippen molar-refractivity contribution in [3.05, 3.63) is 74.4 Å². The summed E-state index contributed by atoms with van der Waals surface area (Å²) in [5, 5.41) is 5.08. The van der Waals surface area contributed by atoms with Crippen molar-refractivity contribution in [1.29, 1.82) is 0 Å². The highest BCUT2D eigenvalue weighted by Gasteiger charge is 2.15. The summed E-state index contributed by atoms with van der Waals surface area (Å²) < 4.78 is 35.4. The second kappa shape index (κ2) is 9.24. The molecule has 3 rings (SSSR count). The molecule has 0 atom stereocenters. The van der Waals surface area contributed by atoms with Gasteiger partial charge in [0.15, 0.2) is 0 Å². The third-order valence-corrected chi connectivity index (χ3v) is 5.22.